The Labute approximate surface area is 225 Å². The second kappa shape index (κ2) is 11.6. The number of alkyl halides is 3. The lowest BCUT2D eigenvalue weighted by Crippen LogP contribution is -2.59. The normalized spacial score (nSPS) is 42.6. The fourth-order valence-corrected chi connectivity index (χ4v) is 9.47. The van der Waals surface area contributed by atoms with Gasteiger partial charge in [-0.25, -0.2) is 0 Å². The molecule has 11 atom stereocenters. The van der Waals surface area contributed by atoms with E-state index < -0.39 is 30.4 Å². The van der Waals surface area contributed by atoms with Gasteiger partial charge in [0.2, 0.25) is 0 Å². The number of methoxy groups -OCH3 is 2. The van der Waals surface area contributed by atoms with Crippen molar-refractivity contribution < 1.29 is 42.0 Å². The molecule has 38 heavy (non-hydrogen) atoms. The van der Waals surface area contributed by atoms with E-state index in [0.29, 0.717) is 30.5 Å². The molecular weight excluding hydrogens is 501 g/mol. The van der Waals surface area contributed by atoms with Crippen molar-refractivity contribution in [2.45, 2.75) is 103 Å². The van der Waals surface area contributed by atoms with Gasteiger partial charge in [-0.1, -0.05) is 20.8 Å². The molecule has 0 heterocycles. The van der Waals surface area contributed by atoms with E-state index in [1.165, 1.54) is 0 Å². The van der Waals surface area contributed by atoms with Crippen LogP contribution in [0.25, 0.3) is 0 Å². The Morgan fingerprint density at radius 2 is 1.55 bits per heavy atom. The number of halogens is 3. The Bertz CT molecular complexity index is 823. The average Bonchev–Trinajstić information content (AvgIpc) is 3.22. The number of aliphatic hydroxyl groups is 1. The van der Waals surface area contributed by atoms with Crippen LogP contribution in [0.2, 0.25) is 0 Å². The summed E-state index contributed by atoms with van der Waals surface area (Å²) in [6, 6.07) is 0. The number of aliphatic hydroxyl groups excluding tert-OH is 1. The second-order valence-corrected chi connectivity index (χ2v) is 13.1. The van der Waals surface area contributed by atoms with Crippen LogP contribution in [0.3, 0.4) is 0 Å². The van der Waals surface area contributed by atoms with Crippen LogP contribution < -0.4 is 0 Å². The molecule has 4 aliphatic carbocycles. The molecule has 1 unspecified atom stereocenters. The fraction of sp³-hybridized carbons (Fsp3) is 0.966. The SMILES string of the molecule is COCO[C@@H]1CC[C@]2(C)[C@H]3CC[C@]4(C)[C@@H]([C@H](C)C(=O)CC(O)C(F)(F)F)CC[C@H]4[C@@H]3C[C@H](OCOC)[C@@H]2C1. The standard InChI is InChI=1S/C29H47F3O6/c1-17(24(33)14-26(34)29(30,31)32)20-6-7-21-19-13-25(38-16-36-5)23-12-18(37-15-35-4)8-10-28(23,3)22(19)9-11-27(20,21)2/h17-23,25-26,34H,6-16H2,1-5H3/t17-,18+,19-,20+,21-,22-,23-,25-,26?,27+,28+/m0/s1. The zero-order chi connectivity index (χ0) is 27.9. The van der Waals surface area contributed by atoms with Crippen molar-refractivity contribution in [1.82, 2.24) is 0 Å². The van der Waals surface area contributed by atoms with Gasteiger partial charge in [0.15, 0.2) is 6.10 Å². The molecule has 0 bridgehead atoms. The van der Waals surface area contributed by atoms with Crippen molar-refractivity contribution >= 4 is 5.78 Å². The van der Waals surface area contributed by atoms with E-state index in [9.17, 15) is 23.1 Å². The minimum absolute atomic E-state index is 0.0310. The first-order chi connectivity index (χ1) is 17.9. The minimum atomic E-state index is -4.77. The summed E-state index contributed by atoms with van der Waals surface area (Å²) in [6.45, 7) is 7.02. The van der Waals surface area contributed by atoms with E-state index in [1.54, 1.807) is 21.1 Å². The molecule has 0 spiro atoms. The highest BCUT2D eigenvalue weighted by molar-refractivity contribution is 5.81. The molecule has 0 amide bonds. The molecular formula is C29H47F3O6. The Balaban J connectivity index is 1.53. The number of ketones is 1. The van der Waals surface area contributed by atoms with E-state index in [2.05, 4.69) is 13.8 Å². The molecule has 0 saturated heterocycles. The molecule has 0 aromatic carbocycles. The van der Waals surface area contributed by atoms with E-state index in [-0.39, 0.29) is 35.7 Å². The average molecular weight is 549 g/mol. The molecule has 0 aliphatic heterocycles. The number of fused-ring (bicyclic) bond motifs is 5. The van der Waals surface area contributed by atoms with Gasteiger partial charge in [-0.2, -0.15) is 13.2 Å². The van der Waals surface area contributed by atoms with Crippen LogP contribution in [-0.2, 0) is 23.7 Å². The third-order valence-electron chi connectivity index (χ3n) is 11.4. The van der Waals surface area contributed by atoms with E-state index in [4.69, 9.17) is 18.9 Å². The topological polar surface area (TPSA) is 74.2 Å². The highest BCUT2D eigenvalue weighted by Gasteiger charge is 2.63. The van der Waals surface area contributed by atoms with Gasteiger partial charge in [0, 0.05) is 26.6 Å². The van der Waals surface area contributed by atoms with E-state index in [1.807, 2.05) is 0 Å². The first-order valence-electron chi connectivity index (χ1n) is 14.3. The van der Waals surface area contributed by atoms with Crippen molar-refractivity contribution in [3.8, 4) is 0 Å². The van der Waals surface area contributed by atoms with Gasteiger partial charge < -0.3 is 24.1 Å². The Morgan fingerprint density at radius 1 is 0.921 bits per heavy atom. The number of carbonyl (C=O) groups is 1. The lowest BCUT2D eigenvalue weighted by molar-refractivity contribution is -0.214. The van der Waals surface area contributed by atoms with Crippen LogP contribution in [-0.4, -0.2) is 63.2 Å². The summed E-state index contributed by atoms with van der Waals surface area (Å²) in [6.07, 6.45) is -0.189. The summed E-state index contributed by atoms with van der Waals surface area (Å²) in [5, 5.41) is 9.52. The molecule has 4 saturated carbocycles. The van der Waals surface area contributed by atoms with Crippen molar-refractivity contribution in [1.29, 1.82) is 0 Å². The van der Waals surface area contributed by atoms with Crippen LogP contribution in [0.5, 0.6) is 0 Å². The van der Waals surface area contributed by atoms with Crippen LogP contribution in [0.15, 0.2) is 0 Å². The maximum absolute atomic E-state index is 12.9. The summed E-state index contributed by atoms with van der Waals surface area (Å²) in [7, 11) is 3.28. The predicted octanol–water partition coefficient (Wildman–Crippen LogP) is 5.75. The molecule has 4 rings (SSSR count). The first-order valence-corrected chi connectivity index (χ1v) is 14.3. The molecule has 4 fully saturated rings. The van der Waals surface area contributed by atoms with Gasteiger partial charge in [0.1, 0.15) is 19.4 Å². The highest BCUT2D eigenvalue weighted by atomic mass is 19.4. The lowest BCUT2D eigenvalue weighted by atomic mass is 9.43. The quantitative estimate of drug-likeness (QED) is 0.351. The van der Waals surface area contributed by atoms with Crippen LogP contribution in [0, 0.1) is 46.3 Å². The Morgan fingerprint density at radius 3 is 2.21 bits per heavy atom. The summed E-state index contributed by atoms with van der Waals surface area (Å²) < 4.78 is 61.6. The molecule has 220 valence electrons. The summed E-state index contributed by atoms with van der Waals surface area (Å²) >= 11 is 0. The number of carbonyl (C=O) groups excluding carboxylic acids is 1. The summed E-state index contributed by atoms with van der Waals surface area (Å²) in [5.41, 5.74) is 0.0130. The number of ether oxygens (including phenoxy) is 4. The summed E-state index contributed by atoms with van der Waals surface area (Å²) in [4.78, 5) is 12.9. The highest BCUT2D eigenvalue weighted by Crippen LogP contribution is 2.68. The van der Waals surface area contributed by atoms with Crippen molar-refractivity contribution in [3.63, 3.8) is 0 Å². The molecule has 0 aromatic rings. The molecule has 0 aromatic heterocycles. The Kier molecular flexibility index (Phi) is 9.25. The molecule has 4 aliphatic rings. The zero-order valence-corrected chi connectivity index (χ0v) is 23.6. The predicted molar refractivity (Wildman–Crippen MR) is 135 cm³/mol. The third-order valence-corrected chi connectivity index (χ3v) is 11.4. The van der Waals surface area contributed by atoms with Crippen molar-refractivity contribution in [2.24, 2.45) is 46.3 Å². The third kappa shape index (κ3) is 5.56. The van der Waals surface area contributed by atoms with Crippen molar-refractivity contribution in [3.05, 3.63) is 0 Å². The number of Topliss-reactive ketones (excluding diaryl/α,β-unsaturated/α-hetero) is 1. The number of hydrogen-bond acceptors (Lipinski definition) is 6. The lowest BCUT2D eigenvalue weighted by Gasteiger charge is -2.63. The van der Waals surface area contributed by atoms with Gasteiger partial charge in [0.05, 0.1) is 12.2 Å². The fourth-order valence-electron chi connectivity index (χ4n) is 9.47. The van der Waals surface area contributed by atoms with Gasteiger partial charge >= 0.3 is 6.18 Å². The van der Waals surface area contributed by atoms with E-state index in [0.717, 1.165) is 51.4 Å². The number of hydrogen-bond donors (Lipinski definition) is 1. The number of rotatable bonds is 10. The van der Waals surface area contributed by atoms with Gasteiger partial charge in [0.25, 0.3) is 0 Å². The van der Waals surface area contributed by atoms with Crippen molar-refractivity contribution in [2.75, 3.05) is 27.8 Å². The monoisotopic (exact) mass is 548 g/mol. The largest absolute Gasteiger partial charge is 0.414 e. The maximum atomic E-state index is 12.9. The van der Waals surface area contributed by atoms with Crippen LogP contribution in [0.4, 0.5) is 13.2 Å². The van der Waals surface area contributed by atoms with Gasteiger partial charge in [-0.3, -0.25) is 4.79 Å². The maximum Gasteiger partial charge on any atom is 0.414 e. The first kappa shape index (κ1) is 30.2. The van der Waals surface area contributed by atoms with E-state index >= 15 is 0 Å². The second-order valence-electron chi connectivity index (χ2n) is 13.1. The Hall–Kier alpha value is -0.740. The van der Waals surface area contributed by atoms with Crippen LogP contribution >= 0.6 is 0 Å². The smallest absolute Gasteiger partial charge is 0.383 e. The molecule has 1 N–H and O–H groups in total. The van der Waals surface area contributed by atoms with Gasteiger partial charge in [-0.05, 0) is 91.8 Å². The molecule has 6 nitrogen and oxygen atoms in total. The van der Waals surface area contributed by atoms with Gasteiger partial charge in [-0.15, -0.1) is 0 Å². The molecule has 9 heteroatoms. The zero-order valence-electron chi connectivity index (χ0n) is 23.6. The minimum Gasteiger partial charge on any atom is -0.383 e. The van der Waals surface area contributed by atoms with Crippen LogP contribution in [0.1, 0.15) is 78.6 Å². The molecule has 0 radical (unpaired) electrons. The summed E-state index contributed by atoms with van der Waals surface area (Å²) in [5.74, 6) is 0.816.